The largest absolute Gasteiger partial charge is 0.418 e. The van der Waals surface area contributed by atoms with Gasteiger partial charge in [-0.2, -0.15) is 13.2 Å². The fourth-order valence-corrected chi connectivity index (χ4v) is 3.24. The third kappa shape index (κ3) is 6.70. The van der Waals surface area contributed by atoms with Crippen LogP contribution in [0.1, 0.15) is 45.1 Å². The second kappa shape index (κ2) is 9.77. The van der Waals surface area contributed by atoms with Gasteiger partial charge in [0.05, 0.1) is 24.0 Å². The van der Waals surface area contributed by atoms with Crippen molar-refractivity contribution in [3.8, 4) is 0 Å². The van der Waals surface area contributed by atoms with Crippen molar-refractivity contribution in [2.75, 3.05) is 23.8 Å². The van der Waals surface area contributed by atoms with E-state index in [0.29, 0.717) is 12.5 Å². The van der Waals surface area contributed by atoms with E-state index in [1.165, 1.54) is 19.4 Å². The molecule has 2 atom stereocenters. The lowest BCUT2D eigenvalue weighted by atomic mass is 9.88. The normalized spacial score (nSPS) is 19.8. The van der Waals surface area contributed by atoms with Gasteiger partial charge in [-0.25, -0.2) is 4.79 Å². The molecule has 0 radical (unpaired) electrons. The number of anilines is 2. The van der Waals surface area contributed by atoms with Gasteiger partial charge in [0, 0.05) is 19.2 Å². The smallest absolute Gasteiger partial charge is 0.376 e. The van der Waals surface area contributed by atoms with Gasteiger partial charge in [-0.15, -0.1) is 0 Å². The number of ether oxygens (including phenoxy) is 1. The van der Waals surface area contributed by atoms with E-state index in [0.717, 1.165) is 31.4 Å². The van der Waals surface area contributed by atoms with Crippen LogP contribution < -0.4 is 16.0 Å². The number of urea groups is 1. The highest BCUT2D eigenvalue weighted by Gasteiger charge is 2.34. The van der Waals surface area contributed by atoms with Crippen LogP contribution in [0.4, 0.5) is 29.3 Å². The van der Waals surface area contributed by atoms with Gasteiger partial charge in [0.15, 0.2) is 0 Å². The number of carbonyl (C=O) groups is 2. The first-order valence-electron chi connectivity index (χ1n) is 9.32. The third-order valence-corrected chi connectivity index (χ3v) is 4.65. The van der Waals surface area contributed by atoms with Gasteiger partial charge >= 0.3 is 12.2 Å². The fourth-order valence-electron chi connectivity index (χ4n) is 3.24. The molecule has 1 saturated carbocycles. The van der Waals surface area contributed by atoms with Crippen molar-refractivity contribution in [1.82, 2.24) is 5.32 Å². The maximum absolute atomic E-state index is 13.3. The Morgan fingerprint density at radius 3 is 2.54 bits per heavy atom. The lowest BCUT2D eigenvalue weighted by Crippen LogP contribution is -2.34. The lowest BCUT2D eigenvalue weighted by molar-refractivity contribution is -0.137. The molecule has 0 unspecified atom stereocenters. The number of hydrogen-bond donors (Lipinski definition) is 3. The molecule has 0 aromatic heterocycles. The highest BCUT2D eigenvalue weighted by Crippen LogP contribution is 2.36. The van der Waals surface area contributed by atoms with Crippen LogP contribution in [-0.4, -0.2) is 31.2 Å². The van der Waals surface area contributed by atoms with E-state index in [1.54, 1.807) is 0 Å². The monoisotopic (exact) mass is 401 g/mol. The Kier molecular flexibility index (Phi) is 7.68. The van der Waals surface area contributed by atoms with Gasteiger partial charge < -0.3 is 20.7 Å². The molecule has 6 nitrogen and oxygen atoms in total. The topological polar surface area (TPSA) is 79.5 Å². The van der Waals surface area contributed by atoms with Crippen LogP contribution >= 0.6 is 0 Å². The minimum atomic E-state index is -4.68. The molecule has 1 aliphatic carbocycles. The van der Waals surface area contributed by atoms with E-state index < -0.39 is 23.7 Å². The van der Waals surface area contributed by atoms with E-state index in [1.807, 2.05) is 0 Å². The molecule has 0 spiro atoms. The molecule has 0 aliphatic heterocycles. The summed E-state index contributed by atoms with van der Waals surface area (Å²) in [5.74, 6) is -0.0158. The number of rotatable bonds is 6. The summed E-state index contributed by atoms with van der Waals surface area (Å²) in [4.78, 5) is 23.0. The number of benzene rings is 1. The molecule has 1 aromatic rings. The zero-order chi connectivity index (χ0) is 20.7. The molecule has 0 saturated heterocycles. The Balaban J connectivity index is 1.89. The molecule has 28 heavy (non-hydrogen) atoms. The Morgan fingerprint density at radius 1 is 1.18 bits per heavy atom. The molecular weight excluding hydrogens is 375 g/mol. The Morgan fingerprint density at radius 2 is 1.89 bits per heavy atom. The highest BCUT2D eigenvalue weighted by atomic mass is 19.4. The van der Waals surface area contributed by atoms with Crippen LogP contribution in [0.5, 0.6) is 0 Å². The van der Waals surface area contributed by atoms with Crippen molar-refractivity contribution in [2.24, 2.45) is 5.92 Å². The molecule has 3 amide bonds. The predicted octanol–water partition coefficient (Wildman–Crippen LogP) is 4.38. The molecular formula is C19H26F3N3O3. The predicted molar refractivity (Wildman–Crippen MR) is 100 cm³/mol. The molecule has 2 rings (SSSR count). The van der Waals surface area contributed by atoms with Crippen molar-refractivity contribution >= 4 is 23.3 Å². The van der Waals surface area contributed by atoms with Crippen molar-refractivity contribution in [3.05, 3.63) is 23.8 Å². The van der Waals surface area contributed by atoms with E-state index in [9.17, 15) is 22.8 Å². The number of carbonyl (C=O) groups excluding carboxylic acids is 2. The van der Waals surface area contributed by atoms with Crippen molar-refractivity contribution in [2.45, 2.75) is 51.8 Å². The first kappa shape index (κ1) is 22.0. The van der Waals surface area contributed by atoms with Crippen molar-refractivity contribution < 1.29 is 27.5 Å². The van der Waals surface area contributed by atoms with Gasteiger partial charge in [0.1, 0.15) is 0 Å². The highest BCUT2D eigenvalue weighted by molar-refractivity contribution is 5.92. The van der Waals surface area contributed by atoms with Crippen LogP contribution in [0, 0.1) is 5.92 Å². The summed E-state index contributed by atoms with van der Waals surface area (Å²) in [6, 6.07) is 2.43. The summed E-state index contributed by atoms with van der Waals surface area (Å²) in [7, 11) is 0. The minimum absolute atomic E-state index is 0.000727. The summed E-state index contributed by atoms with van der Waals surface area (Å²) in [5, 5.41) is 7.00. The lowest BCUT2D eigenvalue weighted by Gasteiger charge is -2.28. The van der Waals surface area contributed by atoms with E-state index >= 15 is 0 Å². The molecule has 9 heteroatoms. The summed E-state index contributed by atoms with van der Waals surface area (Å²) >= 11 is 0. The fraction of sp³-hybridized carbons (Fsp3) is 0.579. The Hall–Kier alpha value is -2.29. The van der Waals surface area contributed by atoms with Crippen molar-refractivity contribution in [1.29, 1.82) is 0 Å². The Labute approximate surface area is 162 Å². The summed E-state index contributed by atoms with van der Waals surface area (Å²) in [6.45, 7) is 3.83. The average Bonchev–Trinajstić information content (AvgIpc) is 2.60. The zero-order valence-corrected chi connectivity index (χ0v) is 16.0. The van der Waals surface area contributed by atoms with Crippen LogP contribution in [-0.2, 0) is 15.7 Å². The quantitative estimate of drug-likeness (QED) is 0.619. The van der Waals surface area contributed by atoms with Gasteiger partial charge in [0.2, 0.25) is 5.91 Å². The number of nitrogens with one attached hydrogen (secondary N) is 3. The molecule has 3 N–H and O–H groups in total. The number of amides is 3. The van der Waals surface area contributed by atoms with Gasteiger partial charge in [0.25, 0.3) is 0 Å². The molecule has 0 bridgehead atoms. The standard InChI is InChI=1S/C19H26F3N3O3/c1-12-5-3-4-6-17(12)28-10-9-23-18(27)25-16-8-7-14(24-13(2)26)11-15(16)19(20,21)22/h7-8,11-12,17H,3-6,9-10H2,1-2H3,(H,24,26)(H2,23,25,27)/t12-,17-/m0/s1. The summed E-state index contributed by atoms with van der Waals surface area (Å²) in [5.41, 5.74) is -1.43. The van der Waals surface area contributed by atoms with Crippen LogP contribution in [0.25, 0.3) is 0 Å². The van der Waals surface area contributed by atoms with E-state index in [2.05, 4.69) is 22.9 Å². The first-order chi connectivity index (χ1) is 13.2. The molecule has 1 fully saturated rings. The second-order valence-electron chi connectivity index (χ2n) is 6.99. The summed E-state index contributed by atoms with van der Waals surface area (Å²) < 4.78 is 45.5. The van der Waals surface area contributed by atoms with Crippen LogP contribution in [0.3, 0.4) is 0 Å². The average molecular weight is 401 g/mol. The second-order valence-corrected chi connectivity index (χ2v) is 6.99. The van der Waals surface area contributed by atoms with E-state index in [4.69, 9.17) is 4.74 Å². The van der Waals surface area contributed by atoms with Gasteiger partial charge in [-0.05, 0) is 37.0 Å². The number of hydrogen-bond acceptors (Lipinski definition) is 3. The first-order valence-corrected chi connectivity index (χ1v) is 9.32. The maximum Gasteiger partial charge on any atom is 0.418 e. The van der Waals surface area contributed by atoms with Crippen molar-refractivity contribution in [3.63, 3.8) is 0 Å². The summed E-state index contributed by atoms with van der Waals surface area (Å²) in [6.07, 6.45) is -0.0912. The minimum Gasteiger partial charge on any atom is -0.376 e. The third-order valence-electron chi connectivity index (χ3n) is 4.65. The molecule has 1 aliphatic rings. The SMILES string of the molecule is CC(=O)Nc1ccc(NC(=O)NCCO[C@H]2CCCC[C@@H]2C)c(C(F)(F)F)c1. The maximum atomic E-state index is 13.3. The zero-order valence-electron chi connectivity index (χ0n) is 16.0. The van der Waals surface area contributed by atoms with E-state index in [-0.39, 0.29) is 24.0 Å². The molecule has 1 aromatic carbocycles. The Bertz CT molecular complexity index is 695. The number of halogens is 3. The number of alkyl halides is 3. The molecule has 0 heterocycles. The van der Waals surface area contributed by atoms with Crippen LogP contribution in [0.15, 0.2) is 18.2 Å². The molecule has 156 valence electrons. The van der Waals surface area contributed by atoms with Gasteiger partial charge in [-0.1, -0.05) is 19.8 Å². The van der Waals surface area contributed by atoms with Crippen LogP contribution in [0.2, 0.25) is 0 Å². The van der Waals surface area contributed by atoms with Gasteiger partial charge in [-0.3, -0.25) is 4.79 Å².